The summed E-state index contributed by atoms with van der Waals surface area (Å²) in [4.78, 5) is 35.6. The summed E-state index contributed by atoms with van der Waals surface area (Å²) in [6.07, 6.45) is 0. The maximum atomic E-state index is 13.8. The highest BCUT2D eigenvalue weighted by Crippen LogP contribution is 2.57. The van der Waals surface area contributed by atoms with E-state index < -0.39 is 17.3 Å². The third kappa shape index (κ3) is 3.24. The van der Waals surface area contributed by atoms with Crippen LogP contribution in [0.5, 0.6) is 5.88 Å². The molecule has 3 aromatic rings. The van der Waals surface area contributed by atoms with E-state index in [-0.39, 0.29) is 39.8 Å². The summed E-state index contributed by atoms with van der Waals surface area (Å²) in [6, 6.07) is 14.2. The lowest BCUT2D eigenvalue weighted by Crippen LogP contribution is -2.45. The number of halogens is 3. The zero-order valence-electron chi connectivity index (χ0n) is 17.0. The Kier molecular flexibility index (Phi) is 5.39. The van der Waals surface area contributed by atoms with E-state index in [1.807, 2.05) is 6.07 Å². The van der Waals surface area contributed by atoms with E-state index in [0.29, 0.717) is 21.3 Å². The first-order valence-corrected chi connectivity index (χ1v) is 11.4. The van der Waals surface area contributed by atoms with Gasteiger partial charge in [-0.15, -0.1) is 0 Å². The van der Waals surface area contributed by atoms with Crippen LogP contribution in [0.2, 0.25) is 10.4 Å². The van der Waals surface area contributed by atoms with Gasteiger partial charge in [-0.3, -0.25) is 4.79 Å². The molecule has 2 aliphatic heterocycles. The number of hydrogen-bond acceptors (Lipinski definition) is 6. The van der Waals surface area contributed by atoms with Gasteiger partial charge in [0.2, 0.25) is 17.1 Å². The number of hydrogen-bond donors (Lipinski definition) is 1. The van der Waals surface area contributed by atoms with E-state index in [4.69, 9.17) is 32.7 Å². The third-order valence-corrected chi connectivity index (χ3v) is 6.41. The first-order valence-electron chi connectivity index (χ1n) is 9.88. The van der Waals surface area contributed by atoms with Crippen LogP contribution in [0.3, 0.4) is 0 Å². The van der Waals surface area contributed by atoms with Crippen LogP contribution in [-0.2, 0) is 19.7 Å². The lowest BCUT2D eigenvalue weighted by Gasteiger charge is -2.36. The van der Waals surface area contributed by atoms with Gasteiger partial charge in [0.05, 0.1) is 12.2 Å². The molecule has 1 N–H and O–H groups in total. The molecule has 166 valence electrons. The molecule has 0 saturated carbocycles. The molecule has 5 rings (SSSR count). The van der Waals surface area contributed by atoms with Crippen LogP contribution in [0.4, 0.5) is 5.69 Å². The van der Waals surface area contributed by atoms with Crippen LogP contribution in [0.1, 0.15) is 23.6 Å². The van der Waals surface area contributed by atoms with E-state index in [0.717, 1.165) is 0 Å². The van der Waals surface area contributed by atoms with Crippen molar-refractivity contribution < 1.29 is 19.1 Å². The molecule has 0 saturated heterocycles. The van der Waals surface area contributed by atoms with Gasteiger partial charge in [0, 0.05) is 21.3 Å². The Hall–Kier alpha value is -2.94. The van der Waals surface area contributed by atoms with Gasteiger partial charge in [-0.1, -0.05) is 57.9 Å². The fourth-order valence-corrected chi connectivity index (χ4v) is 5.10. The summed E-state index contributed by atoms with van der Waals surface area (Å²) >= 11 is 16.1. The zero-order chi connectivity index (χ0) is 23.3. The second kappa shape index (κ2) is 8.13. The lowest BCUT2D eigenvalue weighted by atomic mass is 9.68. The number of aromatic nitrogens is 2. The number of amides is 1. The molecule has 7 nitrogen and oxygen atoms in total. The van der Waals surface area contributed by atoms with Gasteiger partial charge in [-0.25, -0.2) is 9.78 Å². The fourth-order valence-electron chi connectivity index (χ4n) is 4.23. The first kappa shape index (κ1) is 21.9. The number of fused-ring (bicyclic) bond motifs is 4. The molecule has 1 unspecified atom stereocenters. The van der Waals surface area contributed by atoms with Gasteiger partial charge in [-0.05, 0) is 36.7 Å². The topological polar surface area (TPSA) is 90.4 Å². The number of nitrogens with one attached hydrogen (secondary N) is 1. The van der Waals surface area contributed by atoms with Crippen molar-refractivity contribution in [3.8, 4) is 5.88 Å². The Bertz CT molecular complexity index is 1360. The number of benzene rings is 2. The summed E-state index contributed by atoms with van der Waals surface area (Å²) in [7, 11) is 0. The largest absolute Gasteiger partial charge is 0.462 e. The normalized spacial score (nSPS) is 18.5. The average Bonchev–Trinajstić information content (AvgIpc) is 3.05. The Labute approximate surface area is 206 Å². The minimum atomic E-state index is -1.73. The standard InChI is InChI=1S/C23H14BrCl2N3O4/c1-2-32-20(30)15-17(11-6-4-3-5-7-11)33-19-16(18(25)28-22(26)29-19)23(15)13-10-12(24)8-9-14(13)27-21(23)31/h3-10H,2H2,1H3,(H,27,31). The minimum absolute atomic E-state index is 0.0186. The Morgan fingerprint density at radius 1 is 1.18 bits per heavy atom. The number of anilines is 1. The summed E-state index contributed by atoms with van der Waals surface area (Å²) in [5, 5.41) is 2.59. The summed E-state index contributed by atoms with van der Waals surface area (Å²) in [6.45, 7) is 1.77. The van der Waals surface area contributed by atoms with Crippen molar-refractivity contribution in [3.63, 3.8) is 0 Å². The van der Waals surface area contributed by atoms with Gasteiger partial charge in [-0.2, -0.15) is 4.98 Å². The molecule has 0 bridgehead atoms. The second-order valence-corrected chi connectivity index (χ2v) is 8.86. The van der Waals surface area contributed by atoms with E-state index in [1.54, 1.807) is 49.4 Å². The van der Waals surface area contributed by atoms with E-state index >= 15 is 0 Å². The van der Waals surface area contributed by atoms with Crippen molar-refractivity contribution in [1.82, 2.24) is 9.97 Å². The summed E-state index contributed by atoms with van der Waals surface area (Å²) < 4.78 is 12.2. The molecule has 2 aliphatic rings. The number of rotatable bonds is 3. The van der Waals surface area contributed by atoms with E-state index in [2.05, 4.69) is 31.2 Å². The molecular formula is C23H14BrCl2N3O4. The molecule has 0 radical (unpaired) electrons. The molecule has 3 heterocycles. The number of carbonyl (C=O) groups is 2. The fraction of sp³-hybridized carbons (Fsp3) is 0.130. The maximum Gasteiger partial charge on any atom is 0.339 e. The van der Waals surface area contributed by atoms with Crippen molar-refractivity contribution in [2.24, 2.45) is 0 Å². The quantitative estimate of drug-likeness (QED) is 0.277. The summed E-state index contributed by atoms with van der Waals surface area (Å²) in [5.74, 6) is -1.13. The molecule has 0 aliphatic carbocycles. The van der Waals surface area contributed by atoms with Gasteiger partial charge in [0.25, 0.3) is 0 Å². The molecule has 1 amide bonds. The van der Waals surface area contributed by atoms with Crippen LogP contribution >= 0.6 is 39.1 Å². The Morgan fingerprint density at radius 3 is 2.67 bits per heavy atom. The predicted octanol–water partition coefficient (Wildman–Crippen LogP) is 5.15. The smallest absolute Gasteiger partial charge is 0.339 e. The third-order valence-electron chi connectivity index (χ3n) is 5.47. The predicted molar refractivity (Wildman–Crippen MR) is 126 cm³/mol. The molecule has 1 aromatic heterocycles. The van der Waals surface area contributed by atoms with E-state index in [1.165, 1.54) is 0 Å². The van der Waals surface area contributed by atoms with Crippen molar-refractivity contribution in [2.45, 2.75) is 12.3 Å². The highest BCUT2D eigenvalue weighted by atomic mass is 79.9. The molecule has 10 heteroatoms. The van der Waals surface area contributed by atoms with Crippen LogP contribution in [0.15, 0.2) is 58.6 Å². The van der Waals surface area contributed by atoms with Crippen molar-refractivity contribution in [1.29, 1.82) is 0 Å². The number of carbonyl (C=O) groups excluding carboxylic acids is 2. The van der Waals surface area contributed by atoms with Gasteiger partial charge >= 0.3 is 5.97 Å². The summed E-state index contributed by atoms with van der Waals surface area (Å²) in [5.41, 5.74) is -0.0956. The molecule has 1 spiro atoms. The average molecular weight is 547 g/mol. The maximum absolute atomic E-state index is 13.8. The first-order chi connectivity index (χ1) is 15.9. The van der Waals surface area contributed by atoms with Crippen LogP contribution in [0, 0.1) is 0 Å². The van der Waals surface area contributed by atoms with Crippen molar-refractivity contribution in [2.75, 3.05) is 11.9 Å². The SMILES string of the molecule is CCOC(=O)C1=C(c2ccccc2)Oc2nc(Cl)nc(Cl)c2C12C(=O)Nc1ccc(Br)cc12. The van der Waals surface area contributed by atoms with Crippen LogP contribution < -0.4 is 10.1 Å². The van der Waals surface area contributed by atoms with Crippen molar-refractivity contribution >= 4 is 62.5 Å². The molecular weight excluding hydrogens is 533 g/mol. The monoisotopic (exact) mass is 545 g/mol. The molecule has 0 fully saturated rings. The highest BCUT2D eigenvalue weighted by molar-refractivity contribution is 9.10. The van der Waals surface area contributed by atoms with Crippen LogP contribution in [0.25, 0.3) is 5.76 Å². The highest BCUT2D eigenvalue weighted by Gasteiger charge is 2.60. The lowest BCUT2D eigenvalue weighted by molar-refractivity contribution is -0.140. The number of esters is 1. The van der Waals surface area contributed by atoms with Gasteiger partial charge in [0.1, 0.15) is 21.9 Å². The van der Waals surface area contributed by atoms with Gasteiger partial charge in [0.15, 0.2) is 0 Å². The molecule has 2 aromatic carbocycles. The second-order valence-electron chi connectivity index (χ2n) is 7.25. The number of nitrogens with zero attached hydrogens (tertiary/aromatic N) is 2. The minimum Gasteiger partial charge on any atom is -0.462 e. The van der Waals surface area contributed by atoms with E-state index in [9.17, 15) is 9.59 Å². The Morgan fingerprint density at radius 2 is 1.94 bits per heavy atom. The zero-order valence-corrected chi connectivity index (χ0v) is 20.1. The number of ether oxygens (including phenoxy) is 2. The Balaban J connectivity index is 1.97. The molecule has 33 heavy (non-hydrogen) atoms. The molecule has 1 atom stereocenters. The van der Waals surface area contributed by atoms with Crippen LogP contribution in [-0.4, -0.2) is 28.5 Å². The van der Waals surface area contributed by atoms with Crippen molar-refractivity contribution in [3.05, 3.63) is 85.7 Å². The van der Waals surface area contributed by atoms with Gasteiger partial charge < -0.3 is 14.8 Å².